The third kappa shape index (κ3) is 2.79. The normalized spacial score (nSPS) is 18.1. The van der Waals surface area contributed by atoms with Crippen LogP contribution in [0.4, 0.5) is 8.78 Å². The molecule has 0 N–H and O–H groups in total. The number of aryl methyl sites for hydroxylation is 1. The number of rotatable bonds is 3. The van der Waals surface area contributed by atoms with Crippen molar-refractivity contribution in [1.29, 1.82) is 0 Å². The number of hydrogen-bond acceptors (Lipinski definition) is 1. The van der Waals surface area contributed by atoms with Crippen LogP contribution in [0.5, 0.6) is 0 Å². The molecule has 1 aliphatic carbocycles. The topological polar surface area (TPSA) is 0 Å². The van der Waals surface area contributed by atoms with Crippen LogP contribution >= 0.6 is 11.3 Å². The summed E-state index contributed by atoms with van der Waals surface area (Å²) in [5.74, 6) is 0.330. The molecule has 0 aliphatic heterocycles. The van der Waals surface area contributed by atoms with E-state index in [4.69, 9.17) is 0 Å². The molecule has 0 saturated carbocycles. The quantitative estimate of drug-likeness (QED) is 0.452. The van der Waals surface area contributed by atoms with E-state index in [1.807, 2.05) is 18.2 Å². The molecule has 1 aromatic heterocycles. The summed E-state index contributed by atoms with van der Waals surface area (Å²) in [5.41, 5.74) is 2.42. The molecule has 0 bridgehead atoms. The molecule has 4 rings (SSSR count). The Labute approximate surface area is 151 Å². The fourth-order valence-corrected chi connectivity index (χ4v) is 5.22. The molecule has 0 amide bonds. The first-order valence-corrected chi connectivity index (χ1v) is 9.91. The smallest absolute Gasteiger partial charge is 0.148 e. The Morgan fingerprint density at radius 1 is 1.04 bits per heavy atom. The molecule has 0 saturated heterocycles. The third-order valence-electron chi connectivity index (χ3n) is 5.44. The van der Waals surface area contributed by atoms with Crippen molar-refractivity contribution in [1.82, 2.24) is 0 Å². The summed E-state index contributed by atoms with van der Waals surface area (Å²) in [5, 5.41) is 1.63. The number of fused-ring (bicyclic) bond motifs is 3. The highest BCUT2D eigenvalue weighted by Crippen LogP contribution is 2.41. The summed E-state index contributed by atoms with van der Waals surface area (Å²) in [6, 6.07) is 7.52. The van der Waals surface area contributed by atoms with Gasteiger partial charge in [0, 0.05) is 16.3 Å². The van der Waals surface area contributed by atoms with Crippen LogP contribution in [0.1, 0.15) is 50.2 Å². The molecule has 3 aromatic rings. The van der Waals surface area contributed by atoms with Crippen LogP contribution in [-0.2, 0) is 0 Å². The average molecular weight is 356 g/mol. The van der Waals surface area contributed by atoms with Gasteiger partial charge < -0.3 is 0 Å². The first-order chi connectivity index (χ1) is 12.1. The molecule has 3 heteroatoms. The SMILES string of the molecule is CCCC1CC=C(c2ccc3c(sc4c(F)c(C)ccc43)c2F)CC1. The molecule has 25 heavy (non-hydrogen) atoms. The lowest BCUT2D eigenvalue weighted by Crippen LogP contribution is -2.05. The summed E-state index contributed by atoms with van der Waals surface area (Å²) >= 11 is 1.24. The van der Waals surface area contributed by atoms with Gasteiger partial charge in [-0.05, 0) is 43.2 Å². The maximum Gasteiger partial charge on any atom is 0.148 e. The van der Waals surface area contributed by atoms with Gasteiger partial charge in [-0.3, -0.25) is 0 Å². The standard InChI is InChI=1S/C22H22F2S/c1-3-4-14-6-8-15(9-7-14)16-11-12-18-17-10-5-13(2)19(23)21(17)25-22(18)20(16)24/h5,8,10-12,14H,3-4,6-7,9H2,1-2H3. The molecule has 1 unspecified atom stereocenters. The van der Waals surface area contributed by atoms with E-state index in [-0.39, 0.29) is 11.6 Å². The largest absolute Gasteiger partial charge is 0.205 e. The van der Waals surface area contributed by atoms with Crippen molar-refractivity contribution in [3.8, 4) is 0 Å². The Morgan fingerprint density at radius 3 is 2.44 bits per heavy atom. The van der Waals surface area contributed by atoms with Gasteiger partial charge in [-0.25, -0.2) is 8.78 Å². The predicted molar refractivity (Wildman–Crippen MR) is 104 cm³/mol. The average Bonchev–Trinajstić information content (AvgIpc) is 3.00. The lowest BCUT2D eigenvalue weighted by molar-refractivity contribution is 0.444. The fraction of sp³-hybridized carbons (Fsp3) is 0.364. The zero-order valence-corrected chi connectivity index (χ0v) is 15.5. The van der Waals surface area contributed by atoms with E-state index in [0.717, 1.165) is 41.5 Å². The third-order valence-corrected chi connectivity index (χ3v) is 6.65. The minimum absolute atomic E-state index is 0.184. The van der Waals surface area contributed by atoms with E-state index < -0.39 is 0 Å². The molecule has 130 valence electrons. The van der Waals surface area contributed by atoms with Gasteiger partial charge in [-0.1, -0.05) is 50.1 Å². The maximum atomic E-state index is 15.2. The Bertz CT molecular complexity index is 981. The van der Waals surface area contributed by atoms with Crippen LogP contribution in [-0.4, -0.2) is 0 Å². The molecule has 0 nitrogen and oxygen atoms in total. The van der Waals surface area contributed by atoms with Crippen LogP contribution in [0.2, 0.25) is 0 Å². The molecular weight excluding hydrogens is 334 g/mol. The summed E-state index contributed by atoms with van der Waals surface area (Å²) in [4.78, 5) is 0. The van der Waals surface area contributed by atoms with Crippen LogP contribution < -0.4 is 0 Å². The van der Waals surface area contributed by atoms with Crippen LogP contribution in [0.25, 0.3) is 25.7 Å². The highest BCUT2D eigenvalue weighted by Gasteiger charge is 2.20. The number of benzene rings is 2. The first kappa shape index (κ1) is 16.7. The second kappa shape index (κ2) is 6.53. The predicted octanol–water partition coefficient (Wildman–Crippen LogP) is 7.62. The van der Waals surface area contributed by atoms with Crippen LogP contribution in [0.3, 0.4) is 0 Å². The van der Waals surface area contributed by atoms with E-state index in [1.165, 1.54) is 24.2 Å². The molecule has 1 atom stereocenters. The highest BCUT2D eigenvalue weighted by molar-refractivity contribution is 7.25. The van der Waals surface area contributed by atoms with Gasteiger partial charge in [0.25, 0.3) is 0 Å². The van der Waals surface area contributed by atoms with Crippen LogP contribution in [0, 0.1) is 24.5 Å². The fourth-order valence-electron chi connectivity index (χ4n) is 3.99. The van der Waals surface area contributed by atoms with E-state index in [2.05, 4.69) is 13.0 Å². The van der Waals surface area contributed by atoms with Crippen molar-refractivity contribution in [2.45, 2.75) is 46.0 Å². The molecule has 0 fully saturated rings. The van der Waals surface area contributed by atoms with Gasteiger partial charge in [-0.15, -0.1) is 11.3 Å². The van der Waals surface area contributed by atoms with Crippen molar-refractivity contribution in [3.05, 3.63) is 53.1 Å². The van der Waals surface area contributed by atoms with Gasteiger partial charge in [0.1, 0.15) is 11.6 Å². The van der Waals surface area contributed by atoms with Gasteiger partial charge in [0.15, 0.2) is 0 Å². The Morgan fingerprint density at radius 2 is 1.76 bits per heavy atom. The number of allylic oxidation sites excluding steroid dienone is 2. The first-order valence-electron chi connectivity index (χ1n) is 9.09. The van der Waals surface area contributed by atoms with E-state index in [9.17, 15) is 4.39 Å². The zero-order chi connectivity index (χ0) is 17.6. The molecule has 1 heterocycles. The Hall–Kier alpha value is -1.74. The molecule has 2 aromatic carbocycles. The van der Waals surface area contributed by atoms with Crippen molar-refractivity contribution in [2.24, 2.45) is 5.92 Å². The lowest BCUT2D eigenvalue weighted by atomic mass is 9.84. The van der Waals surface area contributed by atoms with E-state index >= 15 is 4.39 Å². The second-order valence-corrected chi connectivity index (χ2v) is 8.16. The second-order valence-electron chi connectivity index (χ2n) is 7.14. The molecule has 0 radical (unpaired) electrons. The van der Waals surface area contributed by atoms with Crippen molar-refractivity contribution < 1.29 is 8.78 Å². The molecule has 0 spiro atoms. The Balaban J connectivity index is 1.81. The highest BCUT2D eigenvalue weighted by atomic mass is 32.1. The van der Waals surface area contributed by atoms with Gasteiger partial charge >= 0.3 is 0 Å². The summed E-state index contributed by atoms with van der Waals surface area (Å²) in [7, 11) is 0. The zero-order valence-electron chi connectivity index (χ0n) is 14.7. The summed E-state index contributed by atoms with van der Waals surface area (Å²) < 4.78 is 30.8. The van der Waals surface area contributed by atoms with Crippen molar-refractivity contribution in [2.75, 3.05) is 0 Å². The minimum atomic E-state index is -0.223. The van der Waals surface area contributed by atoms with Crippen LogP contribution in [0.15, 0.2) is 30.3 Å². The Kier molecular flexibility index (Phi) is 4.36. The van der Waals surface area contributed by atoms with Gasteiger partial charge in [0.05, 0.1) is 9.40 Å². The monoisotopic (exact) mass is 356 g/mol. The molecular formula is C22H22F2S. The summed E-state index contributed by atoms with van der Waals surface area (Å²) in [6.45, 7) is 3.97. The summed E-state index contributed by atoms with van der Waals surface area (Å²) in [6.07, 6.45) is 7.79. The van der Waals surface area contributed by atoms with Crippen molar-refractivity contribution >= 4 is 37.1 Å². The van der Waals surface area contributed by atoms with Gasteiger partial charge in [0.2, 0.25) is 0 Å². The van der Waals surface area contributed by atoms with E-state index in [0.29, 0.717) is 20.5 Å². The van der Waals surface area contributed by atoms with Gasteiger partial charge in [-0.2, -0.15) is 0 Å². The van der Waals surface area contributed by atoms with Crippen molar-refractivity contribution in [3.63, 3.8) is 0 Å². The molecule has 1 aliphatic rings. The number of thiophene rings is 1. The van der Waals surface area contributed by atoms with E-state index in [1.54, 1.807) is 13.0 Å². The number of halogens is 2. The minimum Gasteiger partial charge on any atom is -0.205 e. The number of hydrogen-bond donors (Lipinski definition) is 0. The maximum absolute atomic E-state index is 15.2. The lowest BCUT2D eigenvalue weighted by Gasteiger charge is -2.22.